The van der Waals surface area contributed by atoms with Crippen LogP contribution in [0.2, 0.25) is 0 Å². The SMILES string of the molecule is CC(C)Nc1cc(-n2ncc3cc(C#N)cnc32)ncc1-n1cc(CCNC(=O)O)nn1. The monoisotopic (exact) mass is 432 g/mol. The van der Waals surface area contributed by atoms with E-state index >= 15 is 0 Å². The fraction of sp³-hybridized carbons (Fsp3) is 0.250. The molecule has 0 saturated carbocycles. The molecule has 4 aromatic heterocycles. The Bertz CT molecular complexity index is 1320. The van der Waals surface area contributed by atoms with Crippen LogP contribution in [0, 0.1) is 11.3 Å². The van der Waals surface area contributed by atoms with Gasteiger partial charge in [0.25, 0.3) is 0 Å². The predicted octanol–water partition coefficient (Wildman–Crippen LogP) is 1.90. The van der Waals surface area contributed by atoms with E-state index in [1.807, 2.05) is 19.9 Å². The maximum absolute atomic E-state index is 10.6. The number of aromatic nitrogens is 7. The van der Waals surface area contributed by atoms with E-state index in [-0.39, 0.29) is 12.6 Å². The van der Waals surface area contributed by atoms with Crippen LogP contribution in [-0.2, 0) is 6.42 Å². The fourth-order valence-electron chi connectivity index (χ4n) is 3.14. The quantitative estimate of drug-likeness (QED) is 0.396. The van der Waals surface area contributed by atoms with Gasteiger partial charge in [0.15, 0.2) is 11.5 Å². The molecule has 0 atom stereocenters. The lowest BCUT2D eigenvalue weighted by Gasteiger charge is -2.15. The molecule has 0 saturated heterocycles. The van der Waals surface area contributed by atoms with Crippen LogP contribution in [0.5, 0.6) is 0 Å². The second kappa shape index (κ2) is 8.68. The van der Waals surface area contributed by atoms with Crippen LogP contribution >= 0.6 is 0 Å². The summed E-state index contributed by atoms with van der Waals surface area (Å²) in [4.78, 5) is 19.5. The zero-order chi connectivity index (χ0) is 22.7. The van der Waals surface area contributed by atoms with E-state index in [2.05, 4.69) is 42.1 Å². The summed E-state index contributed by atoms with van der Waals surface area (Å²) in [6.07, 6.45) is 5.87. The van der Waals surface area contributed by atoms with Crippen molar-refractivity contribution in [2.24, 2.45) is 0 Å². The van der Waals surface area contributed by atoms with Gasteiger partial charge in [-0.25, -0.2) is 19.4 Å². The van der Waals surface area contributed by atoms with Gasteiger partial charge in [-0.2, -0.15) is 15.0 Å². The van der Waals surface area contributed by atoms with Gasteiger partial charge in [0.1, 0.15) is 11.8 Å². The number of anilines is 1. The molecule has 0 aliphatic carbocycles. The molecule has 0 radical (unpaired) electrons. The van der Waals surface area contributed by atoms with Crippen molar-refractivity contribution in [1.29, 1.82) is 5.26 Å². The number of carbonyl (C=O) groups is 1. The molecule has 4 heterocycles. The molecule has 0 aromatic carbocycles. The number of rotatable bonds is 7. The largest absolute Gasteiger partial charge is 0.465 e. The summed E-state index contributed by atoms with van der Waals surface area (Å²) in [5, 5.41) is 36.9. The maximum atomic E-state index is 10.6. The number of pyridine rings is 2. The van der Waals surface area contributed by atoms with Crippen LogP contribution in [-0.4, -0.2) is 58.5 Å². The van der Waals surface area contributed by atoms with Crippen molar-refractivity contribution in [2.45, 2.75) is 26.3 Å². The van der Waals surface area contributed by atoms with Gasteiger partial charge in [0.05, 0.1) is 35.5 Å². The second-order valence-electron chi connectivity index (χ2n) is 7.30. The molecule has 0 aliphatic rings. The molecule has 0 unspecified atom stereocenters. The summed E-state index contributed by atoms with van der Waals surface area (Å²) in [5.41, 5.74) is 3.15. The van der Waals surface area contributed by atoms with Gasteiger partial charge >= 0.3 is 6.09 Å². The molecule has 12 nitrogen and oxygen atoms in total. The highest BCUT2D eigenvalue weighted by molar-refractivity contribution is 5.77. The molecule has 32 heavy (non-hydrogen) atoms. The zero-order valence-corrected chi connectivity index (χ0v) is 17.4. The Morgan fingerprint density at radius 2 is 2.09 bits per heavy atom. The summed E-state index contributed by atoms with van der Waals surface area (Å²) < 4.78 is 3.20. The maximum Gasteiger partial charge on any atom is 0.404 e. The highest BCUT2D eigenvalue weighted by atomic mass is 16.4. The topological polar surface area (TPSA) is 159 Å². The van der Waals surface area contributed by atoms with Gasteiger partial charge in [-0.05, 0) is 19.9 Å². The first kappa shape index (κ1) is 20.7. The molecule has 1 amide bonds. The number of amides is 1. The molecule has 4 aromatic rings. The zero-order valence-electron chi connectivity index (χ0n) is 17.4. The van der Waals surface area contributed by atoms with E-state index in [4.69, 9.17) is 10.4 Å². The van der Waals surface area contributed by atoms with Crippen LogP contribution in [0.3, 0.4) is 0 Å². The molecule has 0 spiro atoms. The summed E-state index contributed by atoms with van der Waals surface area (Å²) in [5.74, 6) is 0.551. The molecule has 162 valence electrons. The van der Waals surface area contributed by atoms with Crippen molar-refractivity contribution in [1.82, 2.24) is 40.1 Å². The van der Waals surface area contributed by atoms with E-state index in [1.165, 1.54) is 6.20 Å². The highest BCUT2D eigenvalue weighted by Gasteiger charge is 2.14. The third-order valence-electron chi connectivity index (χ3n) is 4.51. The van der Waals surface area contributed by atoms with Gasteiger partial charge in [0.2, 0.25) is 0 Å². The standard InChI is InChI=1S/C20H20N10O2/c1-12(2)26-16-6-18(30-19-14(9-25-30)5-13(7-21)8-24-19)23-10-17(16)29-11-15(27-28-29)3-4-22-20(31)32/h5-6,8-12,22H,3-4H2,1-2H3,(H,23,26)(H,31,32). The van der Waals surface area contributed by atoms with Crippen LogP contribution in [0.25, 0.3) is 22.5 Å². The average Bonchev–Trinajstić information content (AvgIpc) is 3.39. The van der Waals surface area contributed by atoms with Gasteiger partial charge in [-0.15, -0.1) is 5.10 Å². The van der Waals surface area contributed by atoms with E-state index < -0.39 is 6.09 Å². The van der Waals surface area contributed by atoms with Crippen molar-refractivity contribution >= 4 is 22.8 Å². The Hall–Kier alpha value is -4.53. The predicted molar refractivity (Wildman–Crippen MR) is 115 cm³/mol. The van der Waals surface area contributed by atoms with E-state index in [9.17, 15) is 4.79 Å². The molecular formula is C20H20N10O2. The minimum Gasteiger partial charge on any atom is -0.465 e. The summed E-state index contributed by atoms with van der Waals surface area (Å²) in [6.45, 7) is 4.28. The molecule has 4 rings (SSSR count). The number of carboxylic acid groups (broad SMARTS) is 1. The van der Waals surface area contributed by atoms with Gasteiger partial charge in [0, 0.05) is 36.7 Å². The van der Waals surface area contributed by atoms with Crippen molar-refractivity contribution in [3.63, 3.8) is 0 Å². The minimum atomic E-state index is -1.08. The van der Waals surface area contributed by atoms with Crippen molar-refractivity contribution < 1.29 is 9.90 Å². The summed E-state index contributed by atoms with van der Waals surface area (Å²) in [7, 11) is 0. The lowest BCUT2D eigenvalue weighted by Crippen LogP contribution is -2.23. The highest BCUT2D eigenvalue weighted by Crippen LogP contribution is 2.24. The van der Waals surface area contributed by atoms with Crippen molar-refractivity contribution in [3.8, 4) is 17.6 Å². The number of nitriles is 1. The van der Waals surface area contributed by atoms with Crippen molar-refractivity contribution in [2.75, 3.05) is 11.9 Å². The Kier molecular flexibility index (Phi) is 5.63. The Labute approximate surface area is 182 Å². The smallest absolute Gasteiger partial charge is 0.404 e. The molecule has 0 aliphatic heterocycles. The van der Waals surface area contributed by atoms with E-state index in [1.54, 1.807) is 34.0 Å². The number of hydrogen-bond donors (Lipinski definition) is 3. The average molecular weight is 432 g/mol. The van der Waals surface area contributed by atoms with E-state index in [0.717, 1.165) is 11.1 Å². The summed E-state index contributed by atoms with van der Waals surface area (Å²) in [6, 6.07) is 5.78. The number of nitrogens with zero attached hydrogens (tertiary/aromatic N) is 8. The number of fused-ring (bicyclic) bond motifs is 1. The third-order valence-corrected chi connectivity index (χ3v) is 4.51. The lowest BCUT2D eigenvalue weighted by molar-refractivity contribution is 0.194. The van der Waals surface area contributed by atoms with Gasteiger partial charge in [-0.1, -0.05) is 5.21 Å². The van der Waals surface area contributed by atoms with Gasteiger partial charge in [-0.3, -0.25) is 0 Å². The van der Waals surface area contributed by atoms with Crippen LogP contribution in [0.1, 0.15) is 25.1 Å². The number of nitrogens with one attached hydrogen (secondary N) is 2. The van der Waals surface area contributed by atoms with Crippen LogP contribution in [0.4, 0.5) is 10.5 Å². The lowest BCUT2D eigenvalue weighted by atomic mass is 10.2. The molecular weight excluding hydrogens is 412 g/mol. The third kappa shape index (κ3) is 4.31. The second-order valence-corrected chi connectivity index (χ2v) is 7.30. The van der Waals surface area contributed by atoms with E-state index in [0.29, 0.717) is 34.8 Å². The molecule has 12 heteroatoms. The Balaban J connectivity index is 1.68. The normalized spacial score (nSPS) is 10.9. The van der Waals surface area contributed by atoms with Crippen LogP contribution in [0.15, 0.2) is 36.9 Å². The Morgan fingerprint density at radius 3 is 2.84 bits per heavy atom. The molecule has 0 fully saturated rings. The number of hydrogen-bond acceptors (Lipinski definition) is 8. The van der Waals surface area contributed by atoms with Crippen molar-refractivity contribution in [3.05, 3.63) is 48.2 Å². The fourth-order valence-corrected chi connectivity index (χ4v) is 3.14. The Morgan fingerprint density at radius 1 is 1.25 bits per heavy atom. The van der Waals surface area contributed by atoms with Gasteiger partial charge < -0.3 is 15.7 Å². The van der Waals surface area contributed by atoms with Crippen LogP contribution < -0.4 is 10.6 Å². The molecule has 3 N–H and O–H groups in total. The first-order valence-corrected chi connectivity index (χ1v) is 9.84. The first-order chi connectivity index (χ1) is 15.4. The molecule has 0 bridgehead atoms. The first-order valence-electron chi connectivity index (χ1n) is 9.84. The minimum absolute atomic E-state index is 0.137. The summed E-state index contributed by atoms with van der Waals surface area (Å²) >= 11 is 0.